The van der Waals surface area contributed by atoms with Gasteiger partial charge in [0.1, 0.15) is 17.3 Å². The first-order valence-electron chi connectivity index (χ1n) is 6.01. The molecular formula is C13H16F2N2O. The Balaban J connectivity index is 1.99. The van der Waals surface area contributed by atoms with Crippen LogP contribution in [0.5, 0.6) is 0 Å². The number of hydrogen-bond acceptors (Lipinski definition) is 2. The Labute approximate surface area is 104 Å². The molecule has 0 spiro atoms. The number of benzene rings is 1. The van der Waals surface area contributed by atoms with Gasteiger partial charge in [-0.2, -0.15) is 0 Å². The number of amides is 1. The van der Waals surface area contributed by atoms with Gasteiger partial charge in [0, 0.05) is 12.1 Å². The van der Waals surface area contributed by atoms with Gasteiger partial charge < -0.3 is 11.1 Å². The van der Waals surface area contributed by atoms with E-state index in [0.717, 1.165) is 12.1 Å². The molecule has 5 heteroatoms. The van der Waals surface area contributed by atoms with Gasteiger partial charge in [0.25, 0.3) is 5.91 Å². The number of nitrogen functional groups attached to an aromatic ring is 1. The van der Waals surface area contributed by atoms with Crippen molar-refractivity contribution < 1.29 is 13.6 Å². The van der Waals surface area contributed by atoms with E-state index in [-0.39, 0.29) is 5.56 Å². The zero-order valence-corrected chi connectivity index (χ0v) is 10.2. The van der Waals surface area contributed by atoms with Crippen LogP contribution in [0.15, 0.2) is 12.1 Å². The average molecular weight is 254 g/mol. The molecule has 1 aromatic rings. The van der Waals surface area contributed by atoms with Crippen molar-refractivity contribution in [1.82, 2.24) is 5.32 Å². The van der Waals surface area contributed by atoms with Gasteiger partial charge in [-0.25, -0.2) is 8.78 Å². The van der Waals surface area contributed by atoms with Crippen LogP contribution in [0, 0.1) is 23.5 Å². The molecule has 2 rings (SSSR count). The molecule has 0 aromatic heterocycles. The van der Waals surface area contributed by atoms with Crippen molar-refractivity contribution in [2.24, 2.45) is 11.8 Å². The number of carbonyl (C=O) groups is 1. The van der Waals surface area contributed by atoms with E-state index in [4.69, 9.17) is 5.73 Å². The molecule has 0 radical (unpaired) electrons. The number of nitrogens with one attached hydrogen (secondary N) is 1. The monoisotopic (exact) mass is 254 g/mol. The number of rotatable bonds is 4. The summed E-state index contributed by atoms with van der Waals surface area (Å²) in [6.07, 6.45) is 2.39. The van der Waals surface area contributed by atoms with Gasteiger partial charge in [-0.05, 0) is 36.8 Å². The highest BCUT2D eigenvalue weighted by Gasteiger charge is 2.28. The molecule has 1 unspecified atom stereocenters. The largest absolute Gasteiger partial charge is 0.394 e. The molecule has 1 saturated carbocycles. The van der Waals surface area contributed by atoms with Crippen molar-refractivity contribution in [1.29, 1.82) is 0 Å². The lowest BCUT2D eigenvalue weighted by atomic mass is 10.1. The molecule has 0 heterocycles. The minimum Gasteiger partial charge on any atom is -0.394 e. The molecule has 1 aromatic carbocycles. The SMILES string of the molecule is CC(CNC(=O)c1cc(F)c(N)c(F)c1)C1CC1. The Morgan fingerprint density at radius 3 is 2.50 bits per heavy atom. The van der Waals surface area contributed by atoms with Gasteiger partial charge >= 0.3 is 0 Å². The van der Waals surface area contributed by atoms with Crippen LogP contribution >= 0.6 is 0 Å². The Bertz CT molecular complexity index is 449. The summed E-state index contributed by atoms with van der Waals surface area (Å²) >= 11 is 0. The fourth-order valence-corrected chi connectivity index (χ4v) is 1.90. The second kappa shape index (κ2) is 4.92. The van der Waals surface area contributed by atoms with E-state index in [0.29, 0.717) is 18.4 Å². The first-order valence-corrected chi connectivity index (χ1v) is 6.01. The number of anilines is 1. The van der Waals surface area contributed by atoms with Crippen molar-refractivity contribution in [2.75, 3.05) is 12.3 Å². The van der Waals surface area contributed by atoms with E-state index in [1.807, 2.05) is 0 Å². The third kappa shape index (κ3) is 2.78. The fourth-order valence-electron chi connectivity index (χ4n) is 1.90. The van der Waals surface area contributed by atoms with Crippen LogP contribution in [-0.2, 0) is 0 Å². The van der Waals surface area contributed by atoms with Crippen LogP contribution in [-0.4, -0.2) is 12.5 Å². The number of nitrogens with two attached hydrogens (primary N) is 1. The normalized spacial score (nSPS) is 16.4. The standard InChI is InChI=1S/C13H16F2N2O/c1-7(8-2-3-8)6-17-13(18)9-4-10(14)12(16)11(15)5-9/h4-5,7-8H,2-3,6,16H2,1H3,(H,17,18). The molecule has 1 amide bonds. The molecule has 18 heavy (non-hydrogen) atoms. The van der Waals surface area contributed by atoms with Gasteiger partial charge in [-0.1, -0.05) is 6.92 Å². The van der Waals surface area contributed by atoms with Crippen LogP contribution in [0.3, 0.4) is 0 Å². The quantitative estimate of drug-likeness (QED) is 0.810. The van der Waals surface area contributed by atoms with Crippen LogP contribution in [0.4, 0.5) is 14.5 Å². The molecule has 3 nitrogen and oxygen atoms in total. The molecule has 1 atom stereocenters. The van der Waals surface area contributed by atoms with E-state index in [9.17, 15) is 13.6 Å². The number of carbonyl (C=O) groups excluding carboxylic acids is 1. The maximum atomic E-state index is 13.2. The highest BCUT2D eigenvalue weighted by atomic mass is 19.1. The van der Waals surface area contributed by atoms with Crippen LogP contribution in [0.25, 0.3) is 0 Å². The summed E-state index contributed by atoms with van der Waals surface area (Å²) in [6.45, 7) is 2.58. The lowest BCUT2D eigenvalue weighted by Gasteiger charge is -2.11. The first-order chi connectivity index (χ1) is 8.49. The molecule has 0 aliphatic heterocycles. The maximum Gasteiger partial charge on any atom is 0.251 e. The molecule has 1 aliphatic carbocycles. The Hall–Kier alpha value is -1.65. The summed E-state index contributed by atoms with van der Waals surface area (Å²) in [7, 11) is 0. The van der Waals surface area contributed by atoms with Crippen LogP contribution < -0.4 is 11.1 Å². The topological polar surface area (TPSA) is 55.1 Å². The molecule has 1 aliphatic rings. The second-order valence-electron chi connectivity index (χ2n) is 4.88. The molecule has 98 valence electrons. The average Bonchev–Trinajstić information content (AvgIpc) is 3.16. The summed E-state index contributed by atoms with van der Waals surface area (Å²) in [4.78, 5) is 11.7. The van der Waals surface area contributed by atoms with E-state index >= 15 is 0 Å². The first kappa shape index (κ1) is 12.8. The predicted octanol–water partition coefficient (Wildman–Crippen LogP) is 2.32. The van der Waals surface area contributed by atoms with Crippen molar-refractivity contribution in [3.8, 4) is 0 Å². The zero-order valence-electron chi connectivity index (χ0n) is 10.2. The summed E-state index contributed by atoms with van der Waals surface area (Å²) in [5.74, 6) is -1.21. The van der Waals surface area contributed by atoms with Gasteiger partial charge in [0.05, 0.1) is 0 Å². The highest BCUT2D eigenvalue weighted by Crippen LogP contribution is 2.36. The molecular weight excluding hydrogens is 238 g/mol. The summed E-state index contributed by atoms with van der Waals surface area (Å²) in [6, 6.07) is 1.91. The summed E-state index contributed by atoms with van der Waals surface area (Å²) in [5.41, 5.74) is 4.54. The Kier molecular flexibility index (Phi) is 3.50. The lowest BCUT2D eigenvalue weighted by molar-refractivity contribution is 0.0946. The highest BCUT2D eigenvalue weighted by molar-refractivity contribution is 5.94. The van der Waals surface area contributed by atoms with Gasteiger partial charge in [-0.3, -0.25) is 4.79 Å². The predicted molar refractivity (Wildman–Crippen MR) is 65.0 cm³/mol. The minimum absolute atomic E-state index is 0.0396. The molecule has 1 fully saturated rings. The molecule has 3 N–H and O–H groups in total. The molecule has 0 saturated heterocycles. The second-order valence-corrected chi connectivity index (χ2v) is 4.88. The van der Waals surface area contributed by atoms with Crippen molar-refractivity contribution in [2.45, 2.75) is 19.8 Å². The minimum atomic E-state index is -0.907. The van der Waals surface area contributed by atoms with Crippen molar-refractivity contribution in [3.63, 3.8) is 0 Å². The smallest absolute Gasteiger partial charge is 0.251 e. The zero-order chi connectivity index (χ0) is 13.3. The van der Waals surface area contributed by atoms with E-state index in [1.165, 1.54) is 12.8 Å². The Morgan fingerprint density at radius 1 is 1.44 bits per heavy atom. The van der Waals surface area contributed by atoms with Gasteiger partial charge in [0.2, 0.25) is 0 Å². The van der Waals surface area contributed by atoms with E-state index in [1.54, 1.807) is 0 Å². The van der Waals surface area contributed by atoms with Crippen molar-refractivity contribution in [3.05, 3.63) is 29.3 Å². The lowest BCUT2D eigenvalue weighted by Crippen LogP contribution is -2.29. The van der Waals surface area contributed by atoms with Crippen molar-refractivity contribution >= 4 is 11.6 Å². The Morgan fingerprint density at radius 2 is 2.00 bits per heavy atom. The maximum absolute atomic E-state index is 13.2. The van der Waals surface area contributed by atoms with Crippen LogP contribution in [0.1, 0.15) is 30.1 Å². The number of hydrogen-bond donors (Lipinski definition) is 2. The third-order valence-corrected chi connectivity index (χ3v) is 3.35. The van der Waals surface area contributed by atoms with Gasteiger partial charge in [0.15, 0.2) is 0 Å². The van der Waals surface area contributed by atoms with Gasteiger partial charge in [-0.15, -0.1) is 0 Å². The van der Waals surface area contributed by atoms with E-state index < -0.39 is 23.2 Å². The number of halogens is 2. The summed E-state index contributed by atoms with van der Waals surface area (Å²) < 4.78 is 26.4. The molecule has 0 bridgehead atoms. The van der Waals surface area contributed by atoms with Crippen LogP contribution in [0.2, 0.25) is 0 Å². The summed E-state index contributed by atoms with van der Waals surface area (Å²) in [5, 5.41) is 2.68. The third-order valence-electron chi connectivity index (χ3n) is 3.35. The fraction of sp³-hybridized carbons (Fsp3) is 0.462. The van der Waals surface area contributed by atoms with E-state index in [2.05, 4.69) is 12.2 Å².